The molecule has 0 unspecified atom stereocenters. The Labute approximate surface area is 230 Å². The number of ether oxygens (including phenoxy) is 2. The molecule has 4 rings (SSSR count). The summed E-state index contributed by atoms with van der Waals surface area (Å²) in [5, 5.41) is 12.6. The van der Waals surface area contributed by atoms with Gasteiger partial charge in [-0.2, -0.15) is 0 Å². The van der Waals surface area contributed by atoms with Crippen molar-refractivity contribution in [1.29, 1.82) is 0 Å². The molecule has 1 saturated carbocycles. The number of allylic oxidation sites excluding steroid dienone is 1. The lowest BCUT2D eigenvalue weighted by Crippen LogP contribution is -2.58. The fourth-order valence-corrected chi connectivity index (χ4v) is 7.05. The summed E-state index contributed by atoms with van der Waals surface area (Å²) in [6.45, 7) is 9.35. The molecule has 4 fully saturated rings. The van der Waals surface area contributed by atoms with Crippen LogP contribution in [0.1, 0.15) is 64.7 Å². The second kappa shape index (κ2) is 12.6. The van der Waals surface area contributed by atoms with Crippen LogP contribution < -0.4 is 5.32 Å². The van der Waals surface area contributed by atoms with Gasteiger partial charge in [0.15, 0.2) is 0 Å². The molecule has 0 aromatic carbocycles. The van der Waals surface area contributed by atoms with E-state index in [1.165, 1.54) is 4.90 Å². The van der Waals surface area contributed by atoms with Gasteiger partial charge in [0, 0.05) is 25.6 Å². The molecule has 1 spiro atoms. The molecule has 3 heterocycles. The van der Waals surface area contributed by atoms with E-state index in [-0.39, 0.29) is 43.5 Å². The Bertz CT molecular complexity index is 965. The summed E-state index contributed by atoms with van der Waals surface area (Å²) in [5.41, 5.74) is -1.13. The van der Waals surface area contributed by atoms with Gasteiger partial charge >= 0.3 is 5.97 Å². The molecule has 2 bridgehead atoms. The monoisotopic (exact) mass is 545 g/mol. The van der Waals surface area contributed by atoms with Crippen LogP contribution in [0.5, 0.6) is 0 Å². The number of hydrogen-bond acceptors (Lipinski definition) is 7. The standard InChI is InChI=1S/C29H43N3O7/c1-4-6-12-22(34)30-18-19(3)38-28(37)23-21-13-14-29(39-21)24(23)26(35)32(16-17-33)25(29)27(36)31(15-5-2)20-10-8-7-9-11-20/h4-5,19-21,23-25,33H,1-2,6-18H2,3H3,(H,30,34)/t19-,21-,23+,24+,25-,29+/m0/s1. The lowest BCUT2D eigenvalue weighted by molar-refractivity contribution is -0.159. The second-order valence-electron chi connectivity index (χ2n) is 11.3. The molecule has 6 atom stereocenters. The van der Waals surface area contributed by atoms with E-state index in [1.54, 1.807) is 19.1 Å². The molecule has 4 aliphatic rings. The Balaban J connectivity index is 1.53. The van der Waals surface area contributed by atoms with Gasteiger partial charge in [-0.15, -0.1) is 13.2 Å². The quantitative estimate of drug-likeness (QED) is 0.267. The third-order valence-corrected chi connectivity index (χ3v) is 8.75. The first-order valence-corrected chi connectivity index (χ1v) is 14.4. The Hall–Kier alpha value is -2.72. The average molecular weight is 546 g/mol. The minimum atomic E-state index is -1.13. The van der Waals surface area contributed by atoms with E-state index < -0.39 is 41.7 Å². The maximum absolute atomic E-state index is 14.2. The molecule has 0 aromatic rings. The summed E-state index contributed by atoms with van der Waals surface area (Å²) >= 11 is 0. The molecule has 216 valence electrons. The number of β-amino-alcohol motifs (C(OH)–C–C–N with tert-alkyl or cyclic N) is 1. The SMILES string of the molecule is C=CCCC(=O)NC[C@H](C)OC(=O)[C@@H]1[C@@H]2CC[C@]3(O2)[C@H](C(=O)N(CC=C)C2CCCCC2)N(CCO)C(=O)[C@@H]13. The Morgan fingerprint density at radius 3 is 2.64 bits per heavy atom. The van der Waals surface area contributed by atoms with Crippen LogP contribution in [-0.2, 0) is 28.7 Å². The minimum absolute atomic E-state index is 0.0109. The molecule has 3 saturated heterocycles. The normalized spacial score (nSPS) is 30.5. The highest BCUT2D eigenvalue weighted by Gasteiger charge is 2.75. The number of aliphatic hydroxyl groups is 1. The molecule has 2 N–H and O–H groups in total. The number of aliphatic hydroxyl groups excluding tert-OH is 1. The maximum Gasteiger partial charge on any atom is 0.312 e. The fraction of sp³-hybridized carbons (Fsp3) is 0.724. The van der Waals surface area contributed by atoms with E-state index in [4.69, 9.17) is 9.47 Å². The first-order chi connectivity index (χ1) is 18.8. The zero-order chi connectivity index (χ0) is 28.2. The third-order valence-electron chi connectivity index (χ3n) is 8.75. The number of nitrogens with one attached hydrogen (secondary N) is 1. The van der Waals surface area contributed by atoms with Crippen molar-refractivity contribution in [2.75, 3.05) is 26.2 Å². The van der Waals surface area contributed by atoms with Gasteiger partial charge in [0.25, 0.3) is 0 Å². The molecular weight excluding hydrogens is 502 g/mol. The molecule has 3 aliphatic heterocycles. The van der Waals surface area contributed by atoms with Crippen LogP contribution in [-0.4, -0.2) is 94.7 Å². The maximum atomic E-state index is 14.2. The number of hydrogen-bond donors (Lipinski definition) is 2. The topological polar surface area (TPSA) is 125 Å². The Morgan fingerprint density at radius 1 is 1.23 bits per heavy atom. The number of carbonyl (C=O) groups excluding carboxylic acids is 4. The highest BCUT2D eigenvalue weighted by Crippen LogP contribution is 2.58. The Morgan fingerprint density at radius 2 is 1.97 bits per heavy atom. The molecular formula is C29H43N3O7. The number of carbonyl (C=O) groups is 4. The van der Waals surface area contributed by atoms with Crippen LogP contribution in [0.15, 0.2) is 25.3 Å². The molecule has 1 aliphatic carbocycles. The third kappa shape index (κ3) is 5.63. The van der Waals surface area contributed by atoms with Gasteiger partial charge in [-0.3, -0.25) is 19.2 Å². The van der Waals surface area contributed by atoms with Gasteiger partial charge in [0.05, 0.1) is 31.1 Å². The lowest BCUT2D eigenvalue weighted by Gasteiger charge is -2.40. The predicted molar refractivity (Wildman–Crippen MR) is 143 cm³/mol. The van der Waals surface area contributed by atoms with Crippen molar-refractivity contribution < 1.29 is 33.8 Å². The van der Waals surface area contributed by atoms with Gasteiger partial charge in [0.2, 0.25) is 17.7 Å². The molecule has 0 aromatic heterocycles. The highest BCUT2D eigenvalue weighted by atomic mass is 16.6. The summed E-state index contributed by atoms with van der Waals surface area (Å²) in [6, 6.07) is -0.846. The molecule has 39 heavy (non-hydrogen) atoms. The van der Waals surface area contributed by atoms with Crippen LogP contribution in [0.3, 0.4) is 0 Å². The smallest absolute Gasteiger partial charge is 0.312 e. The van der Waals surface area contributed by atoms with Gasteiger partial charge in [-0.25, -0.2) is 0 Å². The molecule has 0 radical (unpaired) electrons. The van der Waals surface area contributed by atoms with E-state index in [1.807, 2.05) is 4.90 Å². The number of likely N-dealkylation sites (tertiary alicyclic amines) is 1. The van der Waals surface area contributed by atoms with Crippen molar-refractivity contribution in [2.24, 2.45) is 11.8 Å². The summed E-state index contributed by atoms with van der Waals surface area (Å²) in [5.74, 6) is -2.95. The summed E-state index contributed by atoms with van der Waals surface area (Å²) < 4.78 is 12.1. The zero-order valence-electron chi connectivity index (χ0n) is 23.0. The summed E-state index contributed by atoms with van der Waals surface area (Å²) in [6.07, 6.45) is 9.17. The second-order valence-corrected chi connectivity index (χ2v) is 11.3. The predicted octanol–water partition coefficient (Wildman–Crippen LogP) is 1.71. The first-order valence-electron chi connectivity index (χ1n) is 14.4. The van der Waals surface area contributed by atoms with Gasteiger partial charge in [0.1, 0.15) is 17.7 Å². The van der Waals surface area contributed by atoms with E-state index in [2.05, 4.69) is 18.5 Å². The first kappa shape index (κ1) is 29.3. The van der Waals surface area contributed by atoms with E-state index in [0.29, 0.717) is 32.2 Å². The van der Waals surface area contributed by atoms with Crippen LogP contribution >= 0.6 is 0 Å². The lowest BCUT2D eigenvalue weighted by atomic mass is 9.70. The number of esters is 1. The minimum Gasteiger partial charge on any atom is -0.460 e. The van der Waals surface area contributed by atoms with E-state index >= 15 is 0 Å². The van der Waals surface area contributed by atoms with E-state index in [9.17, 15) is 24.3 Å². The molecule has 10 nitrogen and oxygen atoms in total. The van der Waals surface area contributed by atoms with Crippen LogP contribution in [0.25, 0.3) is 0 Å². The van der Waals surface area contributed by atoms with Crippen molar-refractivity contribution >= 4 is 23.7 Å². The van der Waals surface area contributed by atoms with Crippen LogP contribution in [0.4, 0.5) is 0 Å². The summed E-state index contributed by atoms with van der Waals surface area (Å²) in [4.78, 5) is 56.6. The number of fused-ring (bicyclic) bond motifs is 1. The Kier molecular flexibility index (Phi) is 9.48. The molecule has 10 heteroatoms. The van der Waals surface area contributed by atoms with Crippen molar-refractivity contribution in [1.82, 2.24) is 15.1 Å². The largest absolute Gasteiger partial charge is 0.460 e. The van der Waals surface area contributed by atoms with Crippen LogP contribution in [0.2, 0.25) is 0 Å². The van der Waals surface area contributed by atoms with Gasteiger partial charge in [-0.1, -0.05) is 31.4 Å². The number of amides is 3. The highest BCUT2D eigenvalue weighted by molar-refractivity contribution is 5.98. The van der Waals surface area contributed by atoms with Crippen molar-refractivity contribution in [2.45, 2.75) is 94.6 Å². The number of nitrogens with zero attached hydrogens (tertiary/aromatic N) is 2. The number of rotatable bonds is 13. The van der Waals surface area contributed by atoms with Crippen molar-refractivity contribution in [3.8, 4) is 0 Å². The average Bonchev–Trinajstić information content (AvgIpc) is 3.57. The summed E-state index contributed by atoms with van der Waals surface area (Å²) in [7, 11) is 0. The van der Waals surface area contributed by atoms with Gasteiger partial charge < -0.3 is 29.7 Å². The molecule has 3 amide bonds. The zero-order valence-corrected chi connectivity index (χ0v) is 23.0. The van der Waals surface area contributed by atoms with Crippen LogP contribution in [0, 0.1) is 11.8 Å². The van der Waals surface area contributed by atoms with E-state index in [0.717, 1.165) is 32.1 Å². The van der Waals surface area contributed by atoms with Gasteiger partial charge in [-0.05, 0) is 39.0 Å². The van der Waals surface area contributed by atoms with Crippen molar-refractivity contribution in [3.05, 3.63) is 25.3 Å². The van der Waals surface area contributed by atoms with Crippen molar-refractivity contribution in [3.63, 3.8) is 0 Å². The fourth-order valence-electron chi connectivity index (χ4n) is 7.05.